The predicted molar refractivity (Wildman–Crippen MR) is 230 cm³/mol. The molecular formula is C45H84O3Si3. The zero-order valence-electron chi connectivity index (χ0n) is 37.4. The average molecular weight is 757 g/mol. The fourth-order valence-corrected chi connectivity index (χ4v) is 14.4. The molecule has 0 aliphatic heterocycles. The molecule has 0 spiro atoms. The number of allylic oxidation sites excluding steroid dienone is 4. The van der Waals surface area contributed by atoms with Crippen molar-refractivity contribution in [3.63, 3.8) is 0 Å². The second kappa shape index (κ2) is 14.0. The molecule has 4 rings (SSSR count). The lowest BCUT2D eigenvalue weighted by molar-refractivity contribution is -0.0441. The molecule has 51 heavy (non-hydrogen) atoms. The Labute approximate surface area is 321 Å². The van der Waals surface area contributed by atoms with E-state index in [-0.39, 0.29) is 38.3 Å². The molecule has 0 radical (unpaired) electrons. The summed E-state index contributed by atoms with van der Waals surface area (Å²) in [6.45, 7) is 48.3. The van der Waals surface area contributed by atoms with Crippen LogP contribution in [0, 0.1) is 34.5 Å². The van der Waals surface area contributed by atoms with Crippen molar-refractivity contribution in [3.05, 3.63) is 35.5 Å². The molecule has 0 saturated heterocycles. The van der Waals surface area contributed by atoms with Gasteiger partial charge in [-0.05, 0) is 142 Å². The molecule has 2 unspecified atom stereocenters. The second-order valence-corrected chi connectivity index (χ2v) is 37.6. The van der Waals surface area contributed by atoms with E-state index in [1.54, 1.807) is 11.1 Å². The van der Waals surface area contributed by atoms with Gasteiger partial charge in [0.05, 0.1) is 17.8 Å². The van der Waals surface area contributed by atoms with Crippen LogP contribution in [0.4, 0.5) is 0 Å². The Hall–Kier alpha value is -0.249. The fourth-order valence-electron chi connectivity index (χ4n) is 9.88. The van der Waals surface area contributed by atoms with Gasteiger partial charge in [0, 0.05) is 5.41 Å². The van der Waals surface area contributed by atoms with Crippen LogP contribution in [0.2, 0.25) is 54.4 Å². The van der Waals surface area contributed by atoms with Crippen molar-refractivity contribution >= 4 is 25.0 Å². The van der Waals surface area contributed by atoms with Gasteiger partial charge in [0.25, 0.3) is 0 Å². The van der Waals surface area contributed by atoms with Crippen molar-refractivity contribution in [2.24, 2.45) is 34.5 Å². The van der Waals surface area contributed by atoms with E-state index >= 15 is 0 Å². The first-order chi connectivity index (χ1) is 22.8. The summed E-state index contributed by atoms with van der Waals surface area (Å²) >= 11 is 0. The van der Waals surface area contributed by atoms with Gasteiger partial charge >= 0.3 is 0 Å². The van der Waals surface area contributed by atoms with E-state index in [0.29, 0.717) is 23.2 Å². The lowest BCUT2D eigenvalue weighted by Crippen LogP contribution is -2.58. The Bertz CT molecular complexity index is 1350. The number of hydrogen-bond acceptors (Lipinski definition) is 3. The van der Waals surface area contributed by atoms with Crippen LogP contribution in [0.5, 0.6) is 0 Å². The fraction of sp³-hybridized carbons (Fsp3) is 0.867. The van der Waals surface area contributed by atoms with Gasteiger partial charge in [0.2, 0.25) is 0 Å². The Morgan fingerprint density at radius 1 is 0.745 bits per heavy atom. The van der Waals surface area contributed by atoms with Crippen molar-refractivity contribution in [2.75, 3.05) is 0 Å². The maximum Gasteiger partial charge on any atom is 0.192 e. The van der Waals surface area contributed by atoms with Crippen LogP contribution in [0.25, 0.3) is 0 Å². The van der Waals surface area contributed by atoms with E-state index < -0.39 is 25.0 Å². The van der Waals surface area contributed by atoms with Crippen LogP contribution in [0.3, 0.4) is 0 Å². The third kappa shape index (κ3) is 8.47. The van der Waals surface area contributed by atoms with E-state index in [9.17, 15) is 0 Å². The molecule has 4 aliphatic carbocycles. The van der Waals surface area contributed by atoms with Crippen molar-refractivity contribution in [1.29, 1.82) is 0 Å². The minimum Gasteiger partial charge on any atom is -0.414 e. The molecule has 6 heteroatoms. The minimum atomic E-state index is -2.02. The summed E-state index contributed by atoms with van der Waals surface area (Å²) < 4.78 is 21.7. The van der Waals surface area contributed by atoms with Gasteiger partial charge in [-0.25, -0.2) is 0 Å². The summed E-state index contributed by atoms with van der Waals surface area (Å²) in [6.07, 6.45) is 19.0. The summed E-state index contributed by atoms with van der Waals surface area (Å²) in [6, 6.07) is 0. The molecule has 4 aliphatic rings. The third-order valence-corrected chi connectivity index (χ3v) is 29.9. The summed E-state index contributed by atoms with van der Waals surface area (Å²) in [7, 11) is -5.76. The Morgan fingerprint density at radius 2 is 1.29 bits per heavy atom. The molecule has 0 heterocycles. The minimum absolute atomic E-state index is 0.0353. The molecule has 3 nitrogen and oxygen atoms in total. The molecule has 0 aromatic rings. The van der Waals surface area contributed by atoms with E-state index in [4.69, 9.17) is 13.3 Å². The van der Waals surface area contributed by atoms with Gasteiger partial charge in [-0.1, -0.05) is 119 Å². The molecule has 0 aromatic heterocycles. The van der Waals surface area contributed by atoms with Gasteiger partial charge in [-0.3, -0.25) is 0 Å². The first kappa shape index (κ1) is 43.5. The van der Waals surface area contributed by atoms with Crippen LogP contribution in [-0.2, 0) is 13.3 Å². The highest BCUT2D eigenvalue weighted by molar-refractivity contribution is 6.75. The highest BCUT2D eigenvalue weighted by Gasteiger charge is 2.60. The predicted octanol–water partition coefficient (Wildman–Crippen LogP) is 14.3. The smallest absolute Gasteiger partial charge is 0.192 e. The van der Waals surface area contributed by atoms with Gasteiger partial charge < -0.3 is 13.3 Å². The van der Waals surface area contributed by atoms with Crippen molar-refractivity contribution in [3.8, 4) is 0 Å². The van der Waals surface area contributed by atoms with E-state index in [1.807, 2.05) is 0 Å². The first-order valence-electron chi connectivity index (χ1n) is 20.9. The van der Waals surface area contributed by atoms with Crippen LogP contribution < -0.4 is 0 Å². The molecular weight excluding hydrogens is 673 g/mol. The molecule has 0 amide bonds. The van der Waals surface area contributed by atoms with Crippen molar-refractivity contribution in [1.82, 2.24) is 0 Å². The van der Waals surface area contributed by atoms with Gasteiger partial charge in [-0.15, -0.1) is 0 Å². The average Bonchev–Trinajstić information content (AvgIpc) is 3.28. The molecule has 294 valence electrons. The highest BCUT2D eigenvalue weighted by Crippen LogP contribution is 2.67. The van der Waals surface area contributed by atoms with E-state index in [0.717, 1.165) is 25.2 Å². The van der Waals surface area contributed by atoms with Crippen LogP contribution in [0.1, 0.15) is 142 Å². The maximum absolute atomic E-state index is 7.60. The SMILES string of the molecule is C[C@H](C=CCC(C)(C)O[Si](C)(C)C(C)(C)C)[C@H]1CC[C@H]2C3=CC=C4CC(O[Si](C)(C)C(C)(C)C)CC(O[Si](C)(C)C(C)(C)C)[C@]4(C)[C@H]3CC[C@]12C. The number of fused-ring (bicyclic) bond motifs is 5. The van der Waals surface area contributed by atoms with Crippen LogP contribution in [0.15, 0.2) is 35.5 Å². The highest BCUT2D eigenvalue weighted by atomic mass is 28.4. The monoisotopic (exact) mass is 757 g/mol. The second-order valence-electron chi connectivity index (χ2n) is 23.4. The third-order valence-electron chi connectivity index (χ3n) is 16.2. The Balaban J connectivity index is 1.60. The Kier molecular flexibility index (Phi) is 12.0. The molecule has 3 fully saturated rings. The molecule has 0 N–H and O–H groups in total. The molecule has 3 saturated carbocycles. The summed E-state index contributed by atoms with van der Waals surface area (Å²) in [5.74, 6) is 2.52. The zero-order valence-corrected chi connectivity index (χ0v) is 40.4. The maximum atomic E-state index is 7.60. The summed E-state index contributed by atoms with van der Waals surface area (Å²) in [4.78, 5) is 0. The molecule has 0 aromatic carbocycles. The van der Waals surface area contributed by atoms with Gasteiger partial charge in [0.1, 0.15) is 0 Å². The van der Waals surface area contributed by atoms with Crippen LogP contribution >= 0.6 is 0 Å². The Morgan fingerprint density at radius 3 is 1.84 bits per heavy atom. The standard InChI is InChI=1S/C45H84O3Si3/c1-32(22-21-28-43(11,12)48-51(19,20)42(8,9)10)36-25-26-37-35-24-23-33-30-34(46-49(15,16)40(2,3)4)31-39(47-50(17,18)41(5,6)7)45(33,14)38(35)27-29-44(36,37)13/h21-24,32,34,36-39H,25-31H2,1-20H3/t32-,34?,36-,37+,38+,39?,44-,45+/m1/s1. The number of hydrogen-bond donors (Lipinski definition) is 0. The van der Waals surface area contributed by atoms with Crippen molar-refractivity contribution in [2.45, 2.75) is 214 Å². The molecule has 0 bridgehead atoms. The summed E-state index contributed by atoms with van der Waals surface area (Å²) in [5, 5.41) is 0.599. The number of rotatable bonds is 10. The van der Waals surface area contributed by atoms with Gasteiger partial charge in [0.15, 0.2) is 25.0 Å². The lowest BCUT2D eigenvalue weighted by atomic mass is 9.49. The van der Waals surface area contributed by atoms with E-state index in [2.05, 4.69) is 161 Å². The quantitative estimate of drug-likeness (QED) is 0.164. The van der Waals surface area contributed by atoms with Crippen LogP contribution in [-0.4, -0.2) is 42.8 Å². The van der Waals surface area contributed by atoms with Gasteiger partial charge in [-0.2, -0.15) is 0 Å². The molecule has 8 atom stereocenters. The first-order valence-corrected chi connectivity index (χ1v) is 29.7. The largest absolute Gasteiger partial charge is 0.414 e. The summed E-state index contributed by atoms with van der Waals surface area (Å²) in [5.41, 5.74) is 3.60. The zero-order chi connectivity index (χ0) is 39.0. The topological polar surface area (TPSA) is 27.7 Å². The normalized spacial score (nSPS) is 33.4. The van der Waals surface area contributed by atoms with Crippen molar-refractivity contribution < 1.29 is 13.3 Å². The van der Waals surface area contributed by atoms with E-state index in [1.165, 1.54) is 25.7 Å². The lowest BCUT2D eigenvalue weighted by Gasteiger charge is -2.59.